The lowest BCUT2D eigenvalue weighted by atomic mass is 9.70. The van der Waals surface area contributed by atoms with Crippen molar-refractivity contribution < 1.29 is 28.8 Å². The number of amides is 1. The lowest BCUT2D eigenvalue weighted by Gasteiger charge is -2.37. The van der Waals surface area contributed by atoms with Gasteiger partial charge in [-0.05, 0) is 47.8 Å². The quantitative estimate of drug-likeness (QED) is 0.130. The van der Waals surface area contributed by atoms with Crippen molar-refractivity contribution in [2.24, 2.45) is 46.3 Å². The number of carbonyl (C=O) groups is 6. The number of ketones is 5. The number of nitrogens with zero attached hydrogens (tertiary/aromatic N) is 3. The summed E-state index contributed by atoms with van der Waals surface area (Å²) >= 11 is 0. The summed E-state index contributed by atoms with van der Waals surface area (Å²) in [5.41, 5.74) is -0.940. The highest BCUT2D eigenvalue weighted by Gasteiger charge is 2.52. The number of carbonyl (C=O) groups excluding carboxylic acids is 6. The van der Waals surface area contributed by atoms with Crippen LogP contribution in [0.2, 0.25) is 0 Å². The van der Waals surface area contributed by atoms with E-state index in [1.54, 1.807) is 4.90 Å². The molecule has 1 saturated heterocycles. The van der Waals surface area contributed by atoms with Crippen molar-refractivity contribution in [1.29, 1.82) is 0 Å². The second kappa shape index (κ2) is 16.5. The van der Waals surface area contributed by atoms with Gasteiger partial charge < -0.3 is 4.90 Å². The van der Waals surface area contributed by atoms with Gasteiger partial charge in [0.15, 0.2) is 17.3 Å². The normalized spacial score (nSPS) is 22.0. The van der Waals surface area contributed by atoms with E-state index in [1.807, 2.05) is 62.3 Å². The maximum atomic E-state index is 14.6. The third kappa shape index (κ3) is 9.75. The van der Waals surface area contributed by atoms with Crippen LogP contribution in [-0.2, 0) is 24.0 Å². The number of hydrogen-bond acceptors (Lipinski definition) is 8. The first-order valence-electron chi connectivity index (χ1n) is 18.1. The maximum absolute atomic E-state index is 14.6. The van der Waals surface area contributed by atoms with Crippen molar-refractivity contribution in [3.8, 4) is 0 Å². The van der Waals surface area contributed by atoms with Gasteiger partial charge in [-0.25, -0.2) is 4.98 Å². The van der Waals surface area contributed by atoms with Gasteiger partial charge in [0.05, 0.1) is 12.2 Å². The van der Waals surface area contributed by atoms with Gasteiger partial charge in [0.25, 0.3) is 0 Å². The molecule has 1 aliphatic heterocycles. The van der Waals surface area contributed by atoms with E-state index in [-0.39, 0.29) is 72.4 Å². The molecule has 2 fully saturated rings. The molecule has 0 bridgehead atoms. The molecule has 2 heterocycles. The van der Waals surface area contributed by atoms with E-state index in [0.717, 1.165) is 25.7 Å². The molecule has 1 aliphatic carbocycles. The molecule has 0 aromatic carbocycles. The number of hydrogen-bond donors (Lipinski definition) is 0. The van der Waals surface area contributed by atoms with Crippen molar-refractivity contribution in [3.63, 3.8) is 0 Å². The van der Waals surface area contributed by atoms with E-state index in [1.165, 1.54) is 18.6 Å². The number of aromatic nitrogens is 2. The highest BCUT2D eigenvalue weighted by molar-refractivity contribution is 6.38. The first-order chi connectivity index (χ1) is 22.4. The van der Waals surface area contributed by atoms with Gasteiger partial charge in [0.2, 0.25) is 11.7 Å². The van der Waals surface area contributed by atoms with Gasteiger partial charge in [-0.15, -0.1) is 0 Å². The molecule has 3 rings (SSSR count). The third-order valence-corrected chi connectivity index (χ3v) is 10.9. The van der Waals surface area contributed by atoms with Crippen molar-refractivity contribution >= 4 is 34.8 Å². The fourth-order valence-corrected chi connectivity index (χ4v) is 7.72. The Morgan fingerprint density at radius 2 is 1.54 bits per heavy atom. The largest absolute Gasteiger partial charge is 0.332 e. The number of fused-ring (bicyclic) bond motifs is 1. The zero-order chi connectivity index (χ0) is 36.0. The van der Waals surface area contributed by atoms with Crippen molar-refractivity contribution in [2.75, 3.05) is 6.54 Å². The summed E-state index contributed by atoms with van der Waals surface area (Å²) in [4.78, 5) is 92.1. The molecule has 9 heteroatoms. The first kappa shape index (κ1) is 39.3. The Morgan fingerprint density at radius 3 is 2.10 bits per heavy atom. The molecule has 1 amide bonds. The van der Waals surface area contributed by atoms with Crippen molar-refractivity contribution in [1.82, 2.24) is 14.9 Å². The minimum atomic E-state index is -0.708. The Kier molecular flexibility index (Phi) is 13.6. The minimum absolute atomic E-state index is 0.0119. The van der Waals surface area contributed by atoms with Crippen LogP contribution in [0.15, 0.2) is 18.6 Å². The SMILES string of the molecule is CCC[C@H](CC(=O)[C@@H]1[C@H]2CCC[C@H]2CN1C(=O)[C@@H](CC(=O)[C@@H](CC(=O)c1cnccn1)C(C)(C)C)C(C)(C)C)C(=O)C(=O)C[C@@H](C)CC. The van der Waals surface area contributed by atoms with Crippen LogP contribution in [-0.4, -0.2) is 62.3 Å². The Morgan fingerprint density at radius 1 is 0.875 bits per heavy atom. The summed E-state index contributed by atoms with van der Waals surface area (Å²) in [7, 11) is 0. The summed E-state index contributed by atoms with van der Waals surface area (Å²) in [5, 5.41) is 0. The van der Waals surface area contributed by atoms with Crippen LogP contribution < -0.4 is 0 Å². The van der Waals surface area contributed by atoms with E-state index in [0.29, 0.717) is 19.4 Å². The summed E-state index contributed by atoms with van der Waals surface area (Å²) in [6.07, 6.45) is 9.05. The van der Waals surface area contributed by atoms with Gasteiger partial charge in [-0.1, -0.05) is 81.6 Å². The topological polar surface area (TPSA) is 131 Å². The highest BCUT2D eigenvalue weighted by Crippen LogP contribution is 2.45. The summed E-state index contributed by atoms with van der Waals surface area (Å²) in [6, 6.07) is -0.668. The predicted molar refractivity (Wildman–Crippen MR) is 185 cm³/mol. The zero-order valence-electron chi connectivity index (χ0n) is 30.8. The van der Waals surface area contributed by atoms with Gasteiger partial charge in [0, 0.05) is 62.4 Å². The maximum Gasteiger partial charge on any atom is 0.227 e. The second-order valence-electron chi connectivity index (χ2n) is 16.7. The number of likely N-dealkylation sites (tertiary alicyclic amines) is 1. The monoisotopic (exact) mass is 665 g/mol. The van der Waals surface area contributed by atoms with Gasteiger partial charge in [-0.2, -0.15) is 0 Å². The van der Waals surface area contributed by atoms with Crippen LogP contribution >= 0.6 is 0 Å². The Bertz CT molecular complexity index is 1330. The molecule has 0 unspecified atom stereocenters. The van der Waals surface area contributed by atoms with E-state index < -0.39 is 46.2 Å². The molecule has 7 atom stereocenters. The van der Waals surface area contributed by atoms with Crippen LogP contribution in [0.25, 0.3) is 0 Å². The van der Waals surface area contributed by atoms with Gasteiger partial charge >= 0.3 is 0 Å². The molecule has 1 saturated carbocycles. The smallest absolute Gasteiger partial charge is 0.227 e. The average molecular weight is 666 g/mol. The molecule has 0 spiro atoms. The Labute approximate surface area is 287 Å². The third-order valence-electron chi connectivity index (χ3n) is 10.9. The molecule has 1 aromatic rings. The molecule has 0 radical (unpaired) electrons. The second-order valence-corrected chi connectivity index (χ2v) is 16.7. The highest BCUT2D eigenvalue weighted by atomic mass is 16.2. The molecular weight excluding hydrogens is 606 g/mol. The number of Topliss-reactive ketones (excluding diaryl/α,β-unsaturated/α-hetero) is 5. The number of rotatable bonds is 17. The van der Waals surface area contributed by atoms with Crippen LogP contribution in [0.1, 0.15) is 137 Å². The lowest BCUT2D eigenvalue weighted by molar-refractivity contribution is -0.148. The van der Waals surface area contributed by atoms with Gasteiger partial charge in [-0.3, -0.25) is 33.8 Å². The predicted octanol–water partition coefficient (Wildman–Crippen LogP) is 6.91. The van der Waals surface area contributed by atoms with Crippen molar-refractivity contribution in [2.45, 2.75) is 133 Å². The first-order valence-corrected chi connectivity index (χ1v) is 18.1. The van der Waals surface area contributed by atoms with E-state index in [9.17, 15) is 28.8 Å². The fraction of sp³-hybridized carbons (Fsp3) is 0.744. The standard InChI is InChI=1S/C39H59N3O6/c1-10-13-25(36(47)34(46)18-24(3)11-2)19-33(45)35-27-15-12-14-26(27)23-42(35)37(48)29(39(7,8)9)21-31(43)28(38(4,5)6)20-32(44)30-22-40-16-17-41-30/h16-17,22,24-29,35H,10-15,18-21,23H2,1-9H3/t24-,25+,26-,27-,28+,29+,35-/m0/s1. The van der Waals surface area contributed by atoms with Crippen LogP contribution in [0.5, 0.6) is 0 Å². The summed E-state index contributed by atoms with van der Waals surface area (Å²) in [5.74, 6) is -3.42. The zero-order valence-corrected chi connectivity index (χ0v) is 30.8. The van der Waals surface area contributed by atoms with E-state index >= 15 is 0 Å². The Hall–Kier alpha value is -3.10. The Balaban J connectivity index is 1.87. The minimum Gasteiger partial charge on any atom is -0.332 e. The molecule has 9 nitrogen and oxygen atoms in total. The summed E-state index contributed by atoms with van der Waals surface area (Å²) in [6.45, 7) is 17.9. The lowest BCUT2D eigenvalue weighted by Crippen LogP contribution is -2.50. The van der Waals surface area contributed by atoms with E-state index in [2.05, 4.69) is 9.97 Å². The van der Waals surface area contributed by atoms with E-state index in [4.69, 9.17) is 0 Å². The van der Waals surface area contributed by atoms with Gasteiger partial charge in [0.1, 0.15) is 11.5 Å². The van der Waals surface area contributed by atoms with Crippen molar-refractivity contribution in [3.05, 3.63) is 24.3 Å². The van der Waals surface area contributed by atoms with Crippen LogP contribution in [0, 0.1) is 46.3 Å². The molecule has 266 valence electrons. The van der Waals surface area contributed by atoms with Crippen LogP contribution in [0.3, 0.4) is 0 Å². The molecule has 2 aliphatic rings. The average Bonchev–Trinajstić information content (AvgIpc) is 3.62. The molecule has 1 aromatic heterocycles. The molecular formula is C39H59N3O6. The molecule has 0 N–H and O–H groups in total. The van der Waals surface area contributed by atoms with Crippen LogP contribution in [0.4, 0.5) is 0 Å². The fourth-order valence-electron chi connectivity index (χ4n) is 7.72. The molecule has 48 heavy (non-hydrogen) atoms. The summed E-state index contributed by atoms with van der Waals surface area (Å²) < 4.78 is 0.